The van der Waals surface area contributed by atoms with Crippen molar-refractivity contribution in [1.82, 2.24) is 10.6 Å². The Balaban J connectivity index is 0.00000506. The highest BCUT2D eigenvalue weighted by molar-refractivity contribution is 8.25. The van der Waals surface area contributed by atoms with Crippen LogP contribution in [0.5, 0.6) is 5.75 Å². The molecule has 0 saturated carbocycles. The lowest BCUT2D eigenvalue weighted by Crippen LogP contribution is -2.48. The topological polar surface area (TPSA) is 126 Å². The van der Waals surface area contributed by atoms with E-state index in [-0.39, 0.29) is 24.9 Å². The van der Waals surface area contributed by atoms with Gasteiger partial charge in [-0.05, 0) is 79.8 Å². The zero-order chi connectivity index (χ0) is 30.1. The van der Waals surface area contributed by atoms with Gasteiger partial charge in [-0.1, -0.05) is 35.9 Å². The van der Waals surface area contributed by atoms with Crippen molar-refractivity contribution in [1.29, 1.82) is 0 Å². The summed E-state index contributed by atoms with van der Waals surface area (Å²) in [5.74, 6) is 0.686. The van der Waals surface area contributed by atoms with Crippen molar-refractivity contribution in [2.75, 3.05) is 42.1 Å². The van der Waals surface area contributed by atoms with Gasteiger partial charge >= 0.3 is 0 Å². The van der Waals surface area contributed by atoms with Gasteiger partial charge in [0.1, 0.15) is 5.75 Å². The number of rotatable bonds is 13. The molecule has 12 heteroatoms. The molecule has 2 atom stereocenters. The SMILES string of the molecule is CCNc1cc(C(=O)N[C@@H](Cc2cccc(Cl)c2)[C@H](O)CNCc2cccc(OC)c2)cc(N2CCCCS2(O)O)c1.Cl. The predicted molar refractivity (Wildman–Crippen MR) is 179 cm³/mol. The van der Waals surface area contributed by atoms with Gasteiger partial charge in [-0.2, -0.15) is 0 Å². The first-order valence-corrected chi connectivity index (χ1v) is 16.2. The molecule has 1 heterocycles. The van der Waals surface area contributed by atoms with E-state index in [2.05, 4.69) is 16.0 Å². The summed E-state index contributed by atoms with van der Waals surface area (Å²) in [7, 11) is -1.35. The minimum absolute atomic E-state index is 0. The van der Waals surface area contributed by atoms with E-state index >= 15 is 0 Å². The molecule has 43 heavy (non-hydrogen) atoms. The highest BCUT2D eigenvalue weighted by Crippen LogP contribution is 2.50. The van der Waals surface area contributed by atoms with Crippen molar-refractivity contribution in [2.24, 2.45) is 0 Å². The number of carbonyl (C=O) groups is 1. The minimum Gasteiger partial charge on any atom is -0.497 e. The van der Waals surface area contributed by atoms with Crippen LogP contribution in [0, 0.1) is 0 Å². The van der Waals surface area contributed by atoms with Gasteiger partial charge in [-0.25, -0.2) is 0 Å². The van der Waals surface area contributed by atoms with Crippen molar-refractivity contribution < 1.29 is 23.7 Å². The summed E-state index contributed by atoms with van der Waals surface area (Å²) >= 11 is 6.22. The molecular weight excluding hydrogens is 611 g/mol. The number of nitrogens with zero attached hydrogens (tertiary/aromatic N) is 1. The molecule has 9 nitrogen and oxygen atoms in total. The fraction of sp³-hybridized carbons (Fsp3) is 0.387. The second-order valence-electron chi connectivity index (χ2n) is 10.4. The molecule has 1 aliphatic rings. The molecule has 0 spiro atoms. The monoisotopic (exact) mass is 652 g/mol. The van der Waals surface area contributed by atoms with Crippen LogP contribution < -0.4 is 25.0 Å². The lowest BCUT2D eigenvalue weighted by molar-refractivity contribution is 0.0830. The van der Waals surface area contributed by atoms with Crippen molar-refractivity contribution in [3.05, 3.63) is 88.4 Å². The number of amides is 1. The lowest BCUT2D eigenvalue weighted by atomic mass is 10.00. The molecule has 0 aliphatic carbocycles. The van der Waals surface area contributed by atoms with E-state index in [0.717, 1.165) is 29.7 Å². The van der Waals surface area contributed by atoms with Crippen LogP contribution in [0.4, 0.5) is 11.4 Å². The van der Waals surface area contributed by atoms with E-state index in [4.69, 9.17) is 16.3 Å². The second kappa shape index (κ2) is 16.4. The van der Waals surface area contributed by atoms with Gasteiger partial charge in [0.05, 0.1) is 30.7 Å². The van der Waals surface area contributed by atoms with Crippen LogP contribution in [0.3, 0.4) is 0 Å². The molecule has 3 aromatic rings. The number of carbonyl (C=O) groups excluding carboxylic acids is 1. The number of hydrogen-bond donors (Lipinski definition) is 6. The standard InChI is InChI=1S/C31H41ClN4O5S.ClH/c1-3-34-26-17-24(18-27(19-26)36-12-4-5-13-42(36,39)40)31(38)35-29(16-22-8-6-10-25(32)14-22)30(37)21-33-20-23-9-7-11-28(15-23)41-2;/h6-11,14-15,17-19,29-30,33-34,37,39-40H,3-5,12-13,16,20-21H2,1-2H3,(H,35,38);1H/t29-,30+;/m0./s1. The maximum absolute atomic E-state index is 13.7. The zero-order valence-corrected chi connectivity index (χ0v) is 26.9. The summed E-state index contributed by atoms with van der Waals surface area (Å²) < 4.78 is 28.3. The molecule has 236 valence electrons. The minimum atomic E-state index is -2.96. The van der Waals surface area contributed by atoms with Crippen LogP contribution in [0.1, 0.15) is 41.3 Å². The van der Waals surface area contributed by atoms with E-state index in [1.54, 1.807) is 29.6 Å². The van der Waals surface area contributed by atoms with Gasteiger partial charge in [0, 0.05) is 42.5 Å². The number of halogens is 2. The van der Waals surface area contributed by atoms with Crippen LogP contribution in [-0.4, -0.2) is 64.8 Å². The fourth-order valence-corrected chi connectivity index (χ4v) is 6.93. The molecule has 1 fully saturated rings. The number of aliphatic hydroxyl groups is 1. The van der Waals surface area contributed by atoms with Gasteiger partial charge in [0.2, 0.25) is 0 Å². The van der Waals surface area contributed by atoms with E-state index in [0.29, 0.717) is 53.8 Å². The molecule has 0 radical (unpaired) electrons. The van der Waals surface area contributed by atoms with Crippen molar-refractivity contribution >= 4 is 52.1 Å². The van der Waals surface area contributed by atoms with Crippen LogP contribution >= 0.6 is 34.8 Å². The number of aliphatic hydroxyl groups excluding tert-OH is 1. The number of hydrogen-bond acceptors (Lipinski definition) is 8. The summed E-state index contributed by atoms with van der Waals surface area (Å²) in [5.41, 5.74) is 3.52. The second-order valence-corrected chi connectivity index (χ2v) is 13.0. The largest absolute Gasteiger partial charge is 0.497 e. The molecule has 0 unspecified atom stereocenters. The summed E-state index contributed by atoms with van der Waals surface area (Å²) in [5, 5.41) is 21.4. The van der Waals surface area contributed by atoms with Gasteiger partial charge in [0.25, 0.3) is 5.91 Å². The molecule has 0 aromatic heterocycles. The molecular formula is C31H42Cl2N4O5S. The Morgan fingerprint density at radius 3 is 2.56 bits per heavy atom. The van der Waals surface area contributed by atoms with Crippen molar-refractivity contribution in [3.63, 3.8) is 0 Å². The number of nitrogens with one attached hydrogen (secondary N) is 3. The van der Waals surface area contributed by atoms with E-state index in [1.165, 1.54) is 0 Å². The van der Waals surface area contributed by atoms with Crippen molar-refractivity contribution in [3.8, 4) is 5.75 Å². The maximum atomic E-state index is 13.7. The third kappa shape index (κ3) is 9.90. The quantitative estimate of drug-likeness (QED) is 0.134. The predicted octanol–water partition coefficient (Wildman–Crippen LogP) is 5.96. The van der Waals surface area contributed by atoms with Gasteiger partial charge in [-0.15, -0.1) is 23.2 Å². The van der Waals surface area contributed by atoms with Gasteiger partial charge < -0.3 is 25.8 Å². The third-order valence-electron chi connectivity index (χ3n) is 7.17. The summed E-state index contributed by atoms with van der Waals surface area (Å²) in [6.45, 7) is 3.84. The smallest absolute Gasteiger partial charge is 0.251 e. The van der Waals surface area contributed by atoms with E-state index in [9.17, 15) is 19.0 Å². The highest BCUT2D eigenvalue weighted by atomic mass is 35.5. The Morgan fingerprint density at radius 1 is 1.07 bits per heavy atom. The average molecular weight is 654 g/mol. The molecule has 4 rings (SSSR count). The van der Waals surface area contributed by atoms with Crippen LogP contribution in [0.2, 0.25) is 5.02 Å². The number of ether oxygens (including phenoxy) is 1. The first-order chi connectivity index (χ1) is 20.2. The number of methoxy groups -OCH3 is 1. The van der Waals surface area contributed by atoms with Gasteiger partial charge in [0.15, 0.2) is 0 Å². The molecule has 0 bridgehead atoms. The highest BCUT2D eigenvalue weighted by Gasteiger charge is 2.28. The Hall–Kier alpha value is -2.70. The zero-order valence-electron chi connectivity index (χ0n) is 24.5. The maximum Gasteiger partial charge on any atom is 0.251 e. The lowest BCUT2D eigenvalue weighted by Gasteiger charge is -2.47. The molecule has 6 N–H and O–H groups in total. The first kappa shape index (κ1) is 34.8. The summed E-state index contributed by atoms with van der Waals surface area (Å²) in [6, 6.07) is 19.7. The number of anilines is 2. The molecule has 3 aromatic carbocycles. The Bertz CT molecular complexity index is 1350. The summed E-state index contributed by atoms with van der Waals surface area (Å²) in [6.07, 6.45) is 1.03. The Labute approximate surface area is 266 Å². The fourth-order valence-electron chi connectivity index (χ4n) is 5.04. The van der Waals surface area contributed by atoms with Crippen LogP contribution in [-0.2, 0) is 13.0 Å². The Morgan fingerprint density at radius 2 is 1.84 bits per heavy atom. The molecule has 1 amide bonds. The van der Waals surface area contributed by atoms with Gasteiger partial charge in [-0.3, -0.25) is 18.2 Å². The van der Waals surface area contributed by atoms with Crippen molar-refractivity contribution in [2.45, 2.75) is 44.9 Å². The third-order valence-corrected chi connectivity index (χ3v) is 9.34. The van der Waals surface area contributed by atoms with E-state index < -0.39 is 22.9 Å². The average Bonchev–Trinajstić information content (AvgIpc) is 2.96. The molecule has 1 aliphatic heterocycles. The Kier molecular flexibility index (Phi) is 13.3. The first-order valence-electron chi connectivity index (χ1n) is 14.2. The summed E-state index contributed by atoms with van der Waals surface area (Å²) in [4.78, 5) is 13.7. The normalized spacial score (nSPS) is 16.4. The van der Waals surface area contributed by atoms with Crippen LogP contribution in [0.25, 0.3) is 0 Å². The number of benzene rings is 3. The van der Waals surface area contributed by atoms with Crippen LogP contribution in [0.15, 0.2) is 66.7 Å². The molecule has 1 saturated heterocycles. The van der Waals surface area contributed by atoms with E-state index in [1.807, 2.05) is 55.5 Å².